The van der Waals surface area contributed by atoms with Crippen LogP contribution in [-0.4, -0.2) is 84.2 Å². The van der Waals surface area contributed by atoms with Crippen LogP contribution in [0.4, 0.5) is 8.78 Å². The van der Waals surface area contributed by atoms with E-state index in [1.807, 2.05) is 0 Å². The van der Waals surface area contributed by atoms with E-state index in [4.69, 9.17) is 14.4 Å². The van der Waals surface area contributed by atoms with Gasteiger partial charge < -0.3 is 40.0 Å². The van der Waals surface area contributed by atoms with Crippen molar-refractivity contribution in [2.75, 3.05) is 26.2 Å². The number of fused-ring (bicyclic) bond motifs is 2. The van der Waals surface area contributed by atoms with Crippen molar-refractivity contribution in [3.05, 3.63) is 58.2 Å². The van der Waals surface area contributed by atoms with Gasteiger partial charge in [0.1, 0.15) is 11.6 Å². The normalized spacial score (nSPS) is 14.3. The Morgan fingerprint density at radius 2 is 1.49 bits per heavy atom. The molecule has 0 bridgehead atoms. The molecule has 16 heteroatoms. The van der Waals surface area contributed by atoms with Gasteiger partial charge in [-0.15, -0.1) is 0 Å². The number of carboxylic acid groups (broad SMARTS) is 1. The molecule has 12 nitrogen and oxygen atoms in total. The molecule has 0 aliphatic carbocycles. The number of carbonyl (C=O) groups excluding carboxylic acids is 3. The van der Waals surface area contributed by atoms with E-state index in [2.05, 4.69) is 10.6 Å². The maximum atomic E-state index is 14.9. The van der Waals surface area contributed by atoms with Crippen LogP contribution in [-0.2, 0) is 32.1 Å². The van der Waals surface area contributed by atoms with Gasteiger partial charge in [-0.1, -0.05) is 13.3 Å². The van der Waals surface area contributed by atoms with Crippen LogP contribution >= 0.6 is 0 Å². The summed E-state index contributed by atoms with van der Waals surface area (Å²) in [6.07, 6.45) is 1.48. The van der Waals surface area contributed by atoms with Crippen LogP contribution in [0.15, 0.2) is 24.3 Å². The number of benzene rings is 2. The molecule has 1 atom stereocenters. The third kappa shape index (κ3) is 7.76. The number of rotatable bonds is 13. The molecule has 4 rings (SSSR count). The topological polar surface area (TPSA) is 175 Å². The van der Waals surface area contributed by atoms with E-state index in [0.717, 1.165) is 23.1 Å². The van der Waals surface area contributed by atoms with Crippen molar-refractivity contribution in [3.8, 4) is 0 Å². The van der Waals surface area contributed by atoms with Crippen LogP contribution in [0.3, 0.4) is 0 Å². The first-order chi connectivity index (χ1) is 20.5. The molecular formula is C27H31B2F2N3O9. The molecule has 5 N–H and O–H groups in total. The second kappa shape index (κ2) is 14.1. The van der Waals surface area contributed by atoms with E-state index >= 15 is 0 Å². The van der Waals surface area contributed by atoms with Crippen LogP contribution < -0.4 is 21.6 Å². The Hall–Kier alpha value is -3.85. The van der Waals surface area contributed by atoms with Crippen molar-refractivity contribution in [3.63, 3.8) is 0 Å². The number of nitrogens with zero attached hydrogens (tertiary/aromatic N) is 1. The van der Waals surface area contributed by atoms with Gasteiger partial charge in [-0.05, 0) is 59.2 Å². The lowest BCUT2D eigenvalue weighted by Crippen LogP contribution is -2.45. The second-order valence-electron chi connectivity index (χ2n) is 10.5. The van der Waals surface area contributed by atoms with Crippen LogP contribution in [0.25, 0.3) is 0 Å². The van der Waals surface area contributed by atoms with Crippen molar-refractivity contribution >= 4 is 48.9 Å². The van der Waals surface area contributed by atoms with E-state index < -0.39 is 67.6 Å². The SMILES string of the molecule is C[C@@H](CCCCNC(=O)CN(CCNC(=O)c1cc2c(cc1F)COB2O)C(=O)c1cc2c(cc1F)COB2O)C(=O)O. The Balaban J connectivity index is 1.42. The average Bonchev–Trinajstić information content (AvgIpc) is 3.51. The van der Waals surface area contributed by atoms with Crippen LogP contribution in [0, 0.1) is 17.6 Å². The number of unbranched alkanes of at least 4 members (excludes halogenated alkanes) is 1. The number of hydrogen-bond acceptors (Lipinski definition) is 8. The highest BCUT2D eigenvalue weighted by Gasteiger charge is 2.32. The molecule has 0 saturated carbocycles. The summed E-state index contributed by atoms with van der Waals surface area (Å²) < 4.78 is 39.6. The highest BCUT2D eigenvalue weighted by Crippen LogP contribution is 2.18. The zero-order valence-corrected chi connectivity index (χ0v) is 23.4. The molecule has 2 aliphatic heterocycles. The largest absolute Gasteiger partial charge is 0.491 e. The summed E-state index contributed by atoms with van der Waals surface area (Å²) in [4.78, 5) is 50.8. The maximum absolute atomic E-state index is 14.9. The minimum absolute atomic E-state index is 0.00167. The molecule has 0 aromatic heterocycles. The molecular weight excluding hydrogens is 570 g/mol. The minimum atomic E-state index is -1.34. The Kier molecular flexibility index (Phi) is 10.5. The minimum Gasteiger partial charge on any atom is -0.481 e. The van der Waals surface area contributed by atoms with Gasteiger partial charge in [0.2, 0.25) is 5.91 Å². The summed E-state index contributed by atoms with van der Waals surface area (Å²) in [5.74, 6) is -5.44. The quantitative estimate of drug-likeness (QED) is 0.147. The Morgan fingerprint density at radius 3 is 2.09 bits per heavy atom. The first-order valence-corrected chi connectivity index (χ1v) is 13.8. The molecule has 0 saturated heterocycles. The molecule has 228 valence electrons. The van der Waals surface area contributed by atoms with Gasteiger partial charge in [0, 0.05) is 19.6 Å². The highest BCUT2D eigenvalue weighted by molar-refractivity contribution is 6.62. The van der Waals surface area contributed by atoms with Gasteiger partial charge in [0.25, 0.3) is 11.8 Å². The zero-order chi connectivity index (χ0) is 31.3. The van der Waals surface area contributed by atoms with Gasteiger partial charge in [-0.25, -0.2) is 8.78 Å². The van der Waals surface area contributed by atoms with Gasteiger partial charge in [0.05, 0.1) is 36.8 Å². The third-order valence-corrected chi connectivity index (χ3v) is 7.35. The zero-order valence-electron chi connectivity index (χ0n) is 23.4. The predicted molar refractivity (Wildman–Crippen MR) is 149 cm³/mol. The van der Waals surface area contributed by atoms with Crippen molar-refractivity contribution in [1.29, 1.82) is 0 Å². The van der Waals surface area contributed by atoms with Crippen molar-refractivity contribution in [1.82, 2.24) is 15.5 Å². The first-order valence-electron chi connectivity index (χ1n) is 13.8. The summed E-state index contributed by atoms with van der Waals surface area (Å²) >= 11 is 0. The predicted octanol–water partition coefficient (Wildman–Crippen LogP) is -0.720. The molecule has 0 fully saturated rings. The lowest BCUT2D eigenvalue weighted by molar-refractivity contribution is -0.141. The number of carbonyl (C=O) groups is 4. The number of hydrogen-bond donors (Lipinski definition) is 5. The number of nitrogens with one attached hydrogen (secondary N) is 2. The summed E-state index contributed by atoms with van der Waals surface area (Å²) in [6.45, 7) is 0.760. The lowest BCUT2D eigenvalue weighted by Gasteiger charge is -2.23. The number of aliphatic carboxylic acids is 1. The molecule has 0 radical (unpaired) electrons. The first kappa shape index (κ1) is 32.1. The van der Waals surface area contributed by atoms with Crippen LogP contribution in [0.5, 0.6) is 0 Å². The molecule has 2 heterocycles. The molecule has 2 aromatic rings. The average molecular weight is 601 g/mol. The fourth-order valence-electron chi connectivity index (χ4n) is 4.81. The molecule has 3 amide bonds. The lowest BCUT2D eigenvalue weighted by atomic mass is 9.78. The highest BCUT2D eigenvalue weighted by atomic mass is 19.1. The number of amides is 3. The molecule has 2 aliphatic rings. The van der Waals surface area contributed by atoms with E-state index in [1.165, 1.54) is 6.07 Å². The van der Waals surface area contributed by atoms with E-state index in [1.54, 1.807) is 6.92 Å². The van der Waals surface area contributed by atoms with E-state index in [9.17, 15) is 38.0 Å². The summed E-state index contributed by atoms with van der Waals surface area (Å²) in [7, 11) is -2.63. The van der Waals surface area contributed by atoms with Crippen molar-refractivity contribution < 1.29 is 52.4 Å². The van der Waals surface area contributed by atoms with Crippen molar-refractivity contribution in [2.45, 2.75) is 39.4 Å². The maximum Gasteiger partial charge on any atom is 0.491 e. The fourth-order valence-corrected chi connectivity index (χ4v) is 4.81. The van der Waals surface area contributed by atoms with Crippen LogP contribution in [0.2, 0.25) is 0 Å². The molecule has 43 heavy (non-hydrogen) atoms. The molecule has 0 spiro atoms. The smallest absolute Gasteiger partial charge is 0.481 e. The number of halogens is 2. The van der Waals surface area contributed by atoms with Crippen molar-refractivity contribution in [2.24, 2.45) is 5.92 Å². The number of carboxylic acids is 1. The monoisotopic (exact) mass is 601 g/mol. The van der Waals surface area contributed by atoms with E-state index in [0.29, 0.717) is 30.4 Å². The summed E-state index contributed by atoms with van der Waals surface area (Å²) in [5, 5.41) is 34.0. The summed E-state index contributed by atoms with van der Waals surface area (Å²) in [5.41, 5.74) is 0.500. The standard InChI is InChI=1S/C27H31B2F2N3O9/c1-15(27(38)39)4-2-3-5-32-24(35)12-34(26(37)19-11-21-17(9-23(19)31)14-43-29(21)41)7-6-33-25(36)18-10-20-16(8-22(18)30)13-42-28(20)40/h8-11,15,40-41H,2-7,12-14H2,1H3,(H,32,35)(H,33,36)(H,38,39)/t15-/m0/s1. The Bertz CT molecular complexity index is 1410. The summed E-state index contributed by atoms with van der Waals surface area (Å²) in [6, 6.07) is 4.51. The molecule has 2 aromatic carbocycles. The van der Waals surface area contributed by atoms with Gasteiger partial charge >= 0.3 is 20.2 Å². The Labute approximate surface area is 246 Å². The molecule has 0 unspecified atom stereocenters. The second-order valence-corrected chi connectivity index (χ2v) is 10.5. The van der Waals surface area contributed by atoms with Gasteiger partial charge in [-0.2, -0.15) is 0 Å². The van der Waals surface area contributed by atoms with Gasteiger partial charge in [-0.3, -0.25) is 19.2 Å². The van der Waals surface area contributed by atoms with Crippen LogP contribution in [0.1, 0.15) is 58.0 Å². The Morgan fingerprint density at radius 1 is 0.907 bits per heavy atom. The van der Waals surface area contributed by atoms with E-state index in [-0.39, 0.29) is 49.3 Å². The third-order valence-electron chi connectivity index (χ3n) is 7.35. The fraction of sp³-hybridized carbons (Fsp3) is 0.407. The van der Waals surface area contributed by atoms with Gasteiger partial charge in [0.15, 0.2) is 0 Å².